The third-order valence-corrected chi connectivity index (χ3v) is 4.84. The minimum atomic E-state index is -0.500. The van der Waals surface area contributed by atoms with E-state index in [0.717, 1.165) is 28.0 Å². The first-order chi connectivity index (χ1) is 13.9. The van der Waals surface area contributed by atoms with E-state index in [0.29, 0.717) is 6.61 Å². The molecule has 3 rings (SSSR count). The fraction of sp³-hybridized carbons (Fsp3) is 0.174. The smallest absolute Gasteiger partial charge is 0.265 e. The molecule has 1 fully saturated rings. The van der Waals surface area contributed by atoms with Crippen LogP contribution in [0.1, 0.15) is 22.3 Å². The number of hydrogen-bond acceptors (Lipinski definition) is 4. The highest BCUT2D eigenvalue weighted by atomic mass is 32.1. The van der Waals surface area contributed by atoms with Gasteiger partial charge in [-0.3, -0.25) is 19.8 Å². The summed E-state index contributed by atoms with van der Waals surface area (Å²) in [5, 5.41) is 2.64. The van der Waals surface area contributed by atoms with Crippen molar-refractivity contribution in [2.24, 2.45) is 0 Å². The Morgan fingerprint density at radius 3 is 2.41 bits per heavy atom. The normalized spacial score (nSPS) is 15.4. The molecule has 5 nitrogen and oxygen atoms in total. The zero-order valence-electron chi connectivity index (χ0n) is 16.4. The summed E-state index contributed by atoms with van der Waals surface area (Å²) in [6, 6.07) is 13.7. The second-order valence-corrected chi connectivity index (χ2v) is 7.17. The lowest BCUT2D eigenvalue weighted by molar-refractivity contribution is -0.128. The quantitative estimate of drug-likeness (QED) is 0.344. The molecule has 0 spiro atoms. The summed E-state index contributed by atoms with van der Waals surface area (Å²) in [4.78, 5) is 26.3. The predicted octanol–water partition coefficient (Wildman–Crippen LogP) is 3.70. The molecular weight excluding hydrogens is 384 g/mol. The Bertz CT molecular complexity index is 989. The summed E-state index contributed by atoms with van der Waals surface area (Å²) in [5.74, 6) is -0.136. The first-order valence-corrected chi connectivity index (χ1v) is 9.59. The van der Waals surface area contributed by atoms with Crippen LogP contribution in [-0.4, -0.2) is 28.4 Å². The van der Waals surface area contributed by atoms with Crippen LogP contribution in [-0.2, 0) is 16.2 Å². The molecular formula is C23H22N2O3S. The van der Waals surface area contributed by atoms with Crippen molar-refractivity contribution >= 4 is 35.2 Å². The van der Waals surface area contributed by atoms with Crippen molar-refractivity contribution in [3.05, 3.63) is 82.9 Å². The minimum Gasteiger partial charge on any atom is -0.488 e. The molecule has 148 valence electrons. The van der Waals surface area contributed by atoms with Crippen LogP contribution in [0.25, 0.3) is 6.08 Å². The fourth-order valence-corrected chi connectivity index (χ4v) is 3.43. The number of nitrogens with zero attached hydrogens (tertiary/aromatic N) is 1. The lowest BCUT2D eigenvalue weighted by Crippen LogP contribution is -2.53. The number of amides is 2. The molecule has 29 heavy (non-hydrogen) atoms. The first kappa shape index (κ1) is 20.5. The van der Waals surface area contributed by atoms with Gasteiger partial charge in [0.05, 0.1) is 0 Å². The molecule has 0 saturated carbocycles. The Labute approximate surface area is 175 Å². The maximum Gasteiger partial charge on any atom is 0.265 e. The average Bonchev–Trinajstić information content (AvgIpc) is 2.68. The lowest BCUT2D eigenvalue weighted by Gasteiger charge is -2.27. The summed E-state index contributed by atoms with van der Waals surface area (Å²) in [7, 11) is 0. The summed E-state index contributed by atoms with van der Waals surface area (Å²) in [6.07, 6.45) is 3.14. The van der Waals surface area contributed by atoms with E-state index in [4.69, 9.17) is 17.0 Å². The molecule has 0 atom stereocenters. The van der Waals surface area contributed by atoms with Gasteiger partial charge >= 0.3 is 0 Å². The van der Waals surface area contributed by atoms with Crippen LogP contribution >= 0.6 is 12.2 Å². The molecule has 0 radical (unpaired) electrons. The van der Waals surface area contributed by atoms with Gasteiger partial charge in [-0.25, -0.2) is 0 Å². The Hall–Kier alpha value is -3.25. The fourth-order valence-electron chi connectivity index (χ4n) is 3.18. The molecule has 0 bridgehead atoms. The predicted molar refractivity (Wildman–Crippen MR) is 117 cm³/mol. The van der Waals surface area contributed by atoms with E-state index in [1.807, 2.05) is 56.3 Å². The third-order valence-electron chi connectivity index (χ3n) is 4.52. The van der Waals surface area contributed by atoms with Gasteiger partial charge in [-0.1, -0.05) is 36.4 Å². The van der Waals surface area contributed by atoms with Gasteiger partial charge in [0, 0.05) is 6.54 Å². The van der Waals surface area contributed by atoms with Crippen LogP contribution in [0.15, 0.2) is 60.7 Å². The molecule has 0 unspecified atom stereocenters. The maximum atomic E-state index is 12.7. The van der Waals surface area contributed by atoms with E-state index in [1.54, 1.807) is 12.2 Å². The van der Waals surface area contributed by atoms with E-state index in [2.05, 4.69) is 11.9 Å². The lowest BCUT2D eigenvalue weighted by atomic mass is 10.0. The van der Waals surface area contributed by atoms with Crippen LogP contribution in [0.4, 0.5) is 0 Å². The molecule has 2 aromatic carbocycles. The summed E-state index contributed by atoms with van der Waals surface area (Å²) in [5.41, 5.74) is 3.72. The number of carbonyl (C=O) groups is 2. The Morgan fingerprint density at radius 1 is 1.14 bits per heavy atom. The molecule has 2 aromatic rings. The Morgan fingerprint density at radius 2 is 1.79 bits per heavy atom. The van der Waals surface area contributed by atoms with Gasteiger partial charge in [0.1, 0.15) is 17.9 Å². The number of ether oxygens (including phenoxy) is 1. The number of rotatable bonds is 6. The zero-order valence-corrected chi connectivity index (χ0v) is 17.2. The second kappa shape index (κ2) is 8.84. The molecule has 1 saturated heterocycles. The SMILES string of the molecule is C=CCN1C(=O)/C(=C/c2cc(C)c(OCc3ccccc3)c(C)c2)C(=O)NC1=S. The van der Waals surface area contributed by atoms with Crippen molar-refractivity contribution in [3.63, 3.8) is 0 Å². The minimum absolute atomic E-state index is 0.0391. The van der Waals surface area contributed by atoms with Gasteiger partial charge < -0.3 is 4.74 Å². The van der Waals surface area contributed by atoms with E-state index in [1.165, 1.54) is 4.90 Å². The van der Waals surface area contributed by atoms with Gasteiger partial charge in [-0.05, 0) is 66.5 Å². The molecule has 2 amide bonds. The Kier molecular flexibility index (Phi) is 6.24. The zero-order chi connectivity index (χ0) is 21.0. The largest absolute Gasteiger partial charge is 0.488 e. The molecule has 6 heteroatoms. The first-order valence-electron chi connectivity index (χ1n) is 9.18. The number of hydrogen-bond donors (Lipinski definition) is 1. The van der Waals surface area contributed by atoms with Crippen molar-refractivity contribution in [3.8, 4) is 5.75 Å². The van der Waals surface area contributed by atoms with Crippen molar-refractivity contribution in [2.75, 3.05) is 6.54 Å². The second-order valence-electron chi connectivity index (χ2n) is 6.78. The van der Waals surface area contributed by atoms with Crippen molar-refractivity contribution in [1.82, 2.24) is 10.2 Å². The van der Waals surface area contributed by atoms with E-state index < -0.39 is 11.8 Å². The van der Waals surface area contributed by atoms with Crippen molar-refractivity contribution in [1.29, 1.82) is 0 Å². The summed E-state index contributed by atoms with van der Waals surface area (Å²) in [6.45, 7) is 8.21. The van der Waals surface area contributed by atoms with Crippen molar-refractivity contribution in [2.45, 2.75) is 20.5 Å². The van der Waals surface area contributed by atoms with Crippen molar-refractivity contribution < 1.29 is 14.3 Å². The van der Waals surface area contributed by atoms with E-state index in [-0.39, 0.29) is 17.2 Å². The maximum absolute atomic E-state index is 12.7. The molecule has 0 aliphatic carbocycles. The van der Waals surface area contributed by atoms with Gasteiger partial charge in [0.25, 0.3) is 11.8 Å². The molecule has 0 aromatic heterocycles. The highest BCUT2D eigenvalue weighted by molar-refractivity contribution is 7.80. The monoisotopic (exact) mass is 406 g/mol. The average molecular weight is 407 g/mol. The summed E-state index contributed by atoms with van der Waals surface area (Å²) >= 11 is 5.07. The van der Waals surface area contributed by atoms with Crippen LogP contribution in [0.3, 0.4) is 0 Å². The topological polar surface area (TPSA) is 58.6 Å². The van der Waals surface area contributed by atoms with Crippen LogP contribution < -0.4 is 10.1 Å². The van der Waals surface area contributed by atoms with E-state index >= 15 is 0 Å². The van der Waals surface area contributed by atoms with Gasteiger partial charge in [-0.15, -0.1) is 6.58 Å². The van der Waals surface area contributed by atoms with Gasteiger partial charge in [-0.2, -0.15) is 0 Å². The number of carbonyl (C=O) groups excluding carboxylic acids is 2. The number of thiocarbonyl (C=S) groups is 1. The van der Waals surface area contributed by atoms with Crippen LogP contribution in [0, 0.1) is 13.8 Å². The molecule has 1 N–H and O–H groups in total. The highest BCUT2D eigenvalue weighted by Gasteiger charge is 2.32. The van der Waals surface area contributed by atoms with E-state index in [9.17, 15) is 9.59 Å². The molecule has 1 aliphatic heterocycles. The number of aryl methyl sites for hydroxylation is 2. The highest BCUT2D eigenvalue weighted by Crippen LogP contribution is 2.27. The Balaban J connectivity index is 1.85. The van der Waals surface area contributed by atoms with Crippen LogP contribution in [0.2, 0.25) is 0 Å². The number of nitrogens with one attached hydrogen (secondary N) is 1. The third kappa shape index (κ3) is 4.60. The molecule has 1 aliphatic rings. The van der Waals surface area contributed by atoms with Gasteiger partial charge in [0.2, 0.25) is 0 Å². The standard InChI is InChI=1S/C23H22N2O3S/c1-4-10-25-22(27)19(21(26)24-23(25)29)13-18-11-15(2)20(16(3)12-18)28-14-17-8-6-5-7-9-17/h4-9,11-13H,1,10,14H2,2-3H3,(H,24,26,29)/b19-13+. The molecule has 1 heterocycles. The summed E-state index contributed by atoms with van der Waals surface area (Å²) < 4.78 is 6.00. The van der Waals surface area contributed by atoms with Crippen LogP contribution in [0.5, 0.6) is 5.75 Å². The number of benzene rings is 2. The van der Waals surface area contributed by atoms with Gasteiger partial charge in [0.15, 0.2) is 5.11 Å².